The van der Waals surface area contributed by atoms with Gasteiger partial charge in [0.15, 0.2) is 5.65 Å². The molecule has 1 aromatic carbocycles. The van der Waals surface area contributed by atoms with Gasteiger partial charge in [-0.2, -0.15) is 18.3 Å². The molecule has 0 bridgehead atoms. The predicted octanol–water partition coefficient (Wildman–Crippen LogP) is 2.82. The SMILES string of the molecule is Cc1nn2cccnc2c1C(=O)NCc1ccc(N2CCOCC2)cc1C(F)(F)F. The maximum Gasteiger partial charge on any atom is 0.416 e. The summed E-state index contributed by atoms with van der Waals surface area (Å²) < 4.78 is 47.8. The number of nitrogens with one attached hydrogen (secondary N) is 1. The second kappa shape index (κ2) is 7.94. The fourth-order valence-electron chi connectivity index (χ4n) is 3.53. The third kappa shape index (κ3) is 3.95. The van der Waals surface area contributed by atoms with Gasteiger partial charge in [-0.3, -0.25) is 4.79 Å². The largest absolute Gasteiger partial charge is 0.416 e. The summed E-state index contributed by atoms with van der Waals surface area (Å²) >= 11 is 0. The number of morpholine rings is 1. The number of aryl methyl sites for hydroxylation is 1. The van der Waals surface area contributed by atoms with Crippen molar-refractivity contribution in [2.45, 2.75) is 19.6 Å². The normalized spacial score (nSPS) is 14.9. The molecule has 1 saturated heterocycles. The van der Waals surface area contributed by atoms with Gasteiger partial charge in [-0.15, -0.1) is 0 Å². The van der Waals surface area contributed by atoms with E-state index in [-0.39, 0.29) is 17.7 Å². The molecule has 0 atom stereocenters. The van der Waals surface area contributed by atoms with Crippen molar-refractivity contribution in [2.24, 2.45) is 0 Å². The van der Waals surface area contributed by atoms with Gasteiger partial charge in [0.25, 0.3) is 5.91 Å². The first-order valence-corrected chi connectivity index (χ1v) is 9.45. The quantitative estimate of drug-likeness (QED) is 0.704. The van der Waals surface area contributed by atoms with E-state index in [1.54, 1.807) is 25.3 Å². The molecule has 0 radical (unpaired) electrons. The smallest absolute Gasteiger partial charge is 0.378 e. The number of anilines is 1. The molecule has 1 N–H and O–H groups in total. The molecule has 7 nitrogen and oxygen atoms in total. The number of amides is 1. The van der Waals surface area contributed by atoms with Gasteiger partial charge < -0.3 is 15.0 Å². The minimum atomic E-state index is -4.54. The molecule has 0 saturated carbocycles. The van der Waals surface area contributed by atoms with Crippen LogP contribution in [0.25, 0.3) is 5.65 Å². The van der Waals surface area contributed by atoms with Crippen LogP contribution in [-0.2, 0) is 17.5 Å². The molecule has 1 aliphatic rings. The second-order valence-corrected chi connectivity index (χ2v) is 6.97. The van der Waals surface area contributed by atoms with Crippen LogP contribution >= 0.6 is 0 Å². The van der Waals surface area contributed by atoms with Gasteiger partial charge in [0.2, 0.25) is 0 Å². The highest BCUT2D eigenvalue weighted by Crippen LogP contribution is 2.35. The highest BCUT2D eigenvalue weighted by Gasteiger charge is 2.34. The van der Waals surface area contributed by atoms with E-state index in [0.29, 0.717) is 43.3 Å². The number of benzene rings is 1. The van der Waals surface area contributed by atoms with Crippen LogP contribution in [0.15, 0.2) is 36.7 Å². The minimum absolute atomic E-state index is 0.00468. The van der Waals surface area contributed by atoms with E-state index in [1.165, 1.54) is 16.8 Å². The van der Waals surface area contributed by atoms with Crippen molar-refractivity contribution in [2.75, 3.05) is 31.2 Å². The van der Waals surface area contributed by atoms with Crippen LogP contribution in [-0.4, -0.2) is 46.8 Å². The number of hydrogen-bond donors (Lipinski definition) is 1. The monoisotopic (exact) mass is 419 g/mol. The molecule has 3 aromatic rings. The number of hydrogen-bond acceptors (Lipinski definition) is 5. The average Bonchev–Trinajstić information content (AvgIpc) is 3.07. The number of carbonyl (C=O) groups excluding carboxylic acids is 1. The Balaban J connectivity index is 1.57. The summed E-state index contributed by atoms with van der Waals surface area (Å²) in [5.74, 6) is -0.522. The standard InChI is InChI=1S/C20H20F3N5O2/c1-13-17(18-24-5-2-6-28(18)26-13)19(29)25-12-14-3-4-15(11-16(14)20(21,22)23)27-7-9-30-10-8-27/h2-6,11H,7-10,12H2,1H3,(H,25,29). The molecule has 2 aromatic heterocycles. The summed E-state index contributed by atoms with van der Waals surface area (Å²) in [6.45, 7) is 3.42. The Hall–Kier alpha value is -3.14. The van der Waals surface area contributed by atoms with E-state index < -0.39 is 17.6 Å². The molecule has 3 heterocycles. The lowest BCUT2D eigenvalue weighted by molar-refractivity contribution is -0.138. The summed E-state index contributed by atoms with van der Waals surface area (Å²) in [5.41, 5.74) is 0.769. The van der Waals surface area contributed by atoms with Crippen LogP contribution in [0.3, 0.4) is 0 Å². The molecule has 1 aliphatic heterocycles. The van der Waals surface area contributed by atoms with Crippen LogP contribution in [0.1, 0.15) is 27.2 Å². The van der Waals surface area contributed by atoms with Crippen LogP contribution in [0, 0.1) is 6.92 Å². The Morgan fingerprint density at radius 1 is 1.27 bits per heavy atom. The van der Waals surface area contributed by atoms with Crippen LogP contribution in [0.5, 0.6) is 0 Å². The highest BCUT2D eigenvalue weighted by atomic mass is 19.4. The highest BCUT2D eigenvalue weighted by molar-refractivity contribution is 6.00. The van der Waals surface area contributed by atoms with Crippen LogP contribution < -0.4 is 10.2 Å². The van der Waals surface area contributed by atoms with Crippen LogP contribution in [0.2, 0.25) is 0 Å². The van der Waals surface area contributed by atoms with Gasteiger partial charge in [-0.25, -0.2) is 9.50 Å². The minimum Gasteiger partial charge on any atom is -0.378 e. The third-order valence-corrected chi connectivity index (χ3v) is 5.01. The van der Waals surface area contributed by atoms with Crippen LogP contribution in [0.4, 0.5) is 18.9 Å². The molecule has 10 heteroatoms. The summed E-state index contributed by atoms with van der Waals surface area (Å²) in [6, 6.07) is 5.86. The number of alkyl halides is 3. The van der Waals surface area contributed by atoms with E-state index in [2.05, 4.69) is 15.4 Å². The molecular weight excluding hydrogens is 399 g/mol. The fourth-order valence-corrected chi connectivity index (χ4v) is 3.53. The maximum absolute atomic E-state index is 13.7. The third-order valence-electron chi connectivity index (χ3n) is 5.01. The van der Waals surface area contributed by atoms with Gasteiger partial charge in [0.1, 0.15) is 5.56 Å². The van der Waals surface area contributed by atoms with Gasteiger partial charge in [0, 0.05) is 37.7 Å². The summed E-state index contributed by atoms with van der Waals surface area (Å²) in [4.78, 5) is 18.7. The van der Waals surface area contributed by atoms with Crippen molar-refractivity contribution < 1.29 is 22.7 Å². The lowest BCUT2D eigenvalue weighted by atomic mass is 10.0. The van der Waals surface area contributed by atoms with E-state index >= 15 is 0 Å². The fraction of sp³-hybridized carbons (Fsp3) is 0.350. The first-order chi connectivity index (χ1) is 14.3. The van der Waals surface area contributed by atoms with Gasteiger partial charge in [-0.1, -0.05) is 6.07 Å². The van der Waals surface area contributed by atoms with Crippen molar-refractivity contribution in [3.8, 4) is 0 Å². The zero-order valence-electron chi connectivity index (χ0n) is 16.2. The first-order valence-electron chi connectivity index (χ1n) is 9.45. The van der Waals surface area contributed by atoms with Crippen molar-refractivity contribution in [1.82, 2.24) is 19.9 Å². The lowest BCUT2D eigenvalue weighted by Gasteiger charge is -2.29. The van der Waals surface area contributed by atoms with Crippen molar-refractivity contribution in [3.05, 3.63) is 59.0 Å². The molecule has 1 amide bonds. The number of fused-ring (bicyclic) bond motifs is 1. The molecule has 0 aliphatic carbocycles. The Labute approximate surface area is 170 Å². The van der Waals surface area contributed by atoms with Gasteiger partial charge in [-0.05, 0) is 30.7 Å². The number of carbonyl (C=O) groups is 1. The maximum atomic E-state index is 13.7. The predicted molar refractivity (Wildman–Crippen MR) is 103 cm³/mol. The Kier molecular flexibility index (Phi) is 5.33. The van der Waals surface area contributed by atoms with E-state index in [1.807, 2.05) is 4.90 Å². The first kappa shape index (κ1) is 20.1. The Morgan fingerprint density at radius 3 is 2.77 bits per heavy atom. The van der Waals surface area contributed by atoms with Gasteiger partial charge >= 0.3 is 6.18 Å². The van der Waals surface area contributed by atoms with E-state index in [4.69, 9.17) is 4.74 Å². The lowest BCUT2D eigenvalue weighted by Crippen LogP contribution is -2.36. The topological polar surface area (TPSA) is 71.8 Å². The summed E-state index contributed by atoms with van der Waals surface area (Å²) in [5, 5.41) is 6.79. The molecule has 30 heavy (non-hydrogen) atoms. The summed E-state index contributed by atoms with van der Waals surface area (Å²) in [6.07, 6.45) is -1.36. The number of halogens is 3. The summed E-state index contributed by atoms with van der Waals surface area (Å²) in [7, 11) is 0. The zero-order valence-corrected chi connectivity index (χ0v) is 16.2. The van der Waals surface area contributed by atoms with Crippen molar-refractivity contribution >= 4 is 17.2 Å². The number of ether oxygens (including phenoxy) is 1. The number of aromatic nitrogens is 3. The van der Waals surface area contributed by atoms with Gasteiger partial charge in [0.05, 0.1) is 24.5 Å². The molecule has 4 rings (SSSR count). The number of rotatable bonds is 4. The van der Waals surface area contributed by atoms with E-state index in [9.17, 15) is 18.0 Å². The molecule has 158 valence electrons. The second-order valence-electron chi connectivity index (χ2n) is 6.97. The molecular formula is C20H20F3N5O2. The molecule has 0 unspecified atom stereocenters. The Bertz CT molecular complexity index is 1070. The molecule has 0 spiro atoms. The average molecular weight is 419 g/mol. The van der Waals surface area contributed by atoms with Crippen molar-refractivity contribution in [3.63, 3.8) is 0 Å². The Morgan fingerprint density at radius 2 is 2.03 bits per heavy atom. The molecule has 1 fully saturated rings. The zero-order chi connectivity index (χ0) is 21.3. The van der Waals surface area contributed by atoms with Crippen molar-refractivity contribution in [1.29, 1.82) is 0 Å². The number of nitrogens with zero attached hydrogens (tertiary/aromatic N) is 4. The van der Waals surface area contributed by atoms with E-state index in [0.717, 1.165) is 6.07 Å².